The standard InChI is InChI=1S/C23H21ClN2O3/c24-20-5-1-3-17(13-20)18-4-2-6-21(14-18)25-22(27)16-7-10-26(11-8-16)23(28)19-9-12-29-15-19/h1-6,9,12-16H,7-8,10-11H2,(H,25,27). The molecule has 2 aromatic carbocycles. The molecule has 2 amide bonds. The number of carbonyl (C=O) groups excluding carboxylic acids is 2. The molecule has 6 heteroatoms. The SMILES string of the molecule is O=C(Nc1cccc(-c2cccc(Cl)c2)c1)C1CCN(C(=O)c2ccoc2)CC1. The third kappa shape index (κ3) is 4.51. The molecule has 148 valence electrons. The van der Waals surface area contributed by atoms with Gasteiger partial charge in [0.15, 0.2) is 0 Å². The fourth-order valence-corrected chi connectivity index (χ4v) is 3.79. The number of benzene rings is 2. The molecule has 5 nitrogen and oxygen atoms in total. The van der Waals surface area contributed by atoms with Crippen molar-refractivity contribution in [3.8, 4) is 11.1 Å². The summed E-state index contributed by atoms with van der Waals surface area (Å²) in [6.45, 7) is 1.12. The average Bonchev–Trinajstić information content (AvgIpc) is 3.28. The quantitative estimate of drug-likeness (QED) is 0.653. The summed E-state index contributed by atoms with van der Waals surface area (Å²) in [6, 6.07) is 17.0. The number of amides is 2. The number of hydrogen-bond donors (Lipinski definition) is 1. The molecule has 1 aliphatic rings. The molecule has 4 rings (SSSR count). The largest absolute Gasteiger partial charge is 0.472 e. The molecular formula is C23H21ClN2O3. The summed E-state index contributed by atoms with van der Waals surface area (Å²) in [7, 11) is 0. The first-order chi connectivity index (χ1) is 14.1. The number of furan rings is 1. The van der Waals surface area contributed by atoms with Gasteiger partial charge >= 0.3 is 0 Å². The van der Waals surface area contributed by atoms with Crippen LogP contribution in [0.15, 0.2) is 71.5 Å². The number of anilines is 1. The zero-order valence-corrected chi connectivity index (χ0v) is 16.6. The van der Waals surface area contributed by atoms with Crippen molar-refractivity contribution in [2.45, 2.75) is 12.8 Å². The fraction of sp³-hybridized carbons (Fsp3) is 0.217. The van der Waals surface area contributed by atoms with Gasteiger partial charge in [0.1, 0.15) is 6.26 Å². The minimum absolute atomic E-state index is 0.0105. The topological polar surface area (TPSA) is 62.6 Å². The number of carbonyl (C=O) groups is 2. The minimum Gasteiger partial charge on any atom is -0.472 e. The van der Waals surface area contributed by atoms with Crippen molar-refractivity contribution in [2.24, 2.45) is 5.92 Å². The normalized spacial score (nSPS) is 14.6. The van der Waals surface area contributed by atoms with Crippen LogP contribution < -0.4 is 5.32 Å². The lowest BCUT2D eigenvalue weighted by Gasteiger charge is -2.31. The molecule has 0 unspecified atom stereocenters. The number of likely N-dealkylation sites (tertiary alicyclic amines) is 1. The number of rotatable bonds is 4. The fourth-order valence-electron chi connectivity index (χ4n) is 3.60. The predicted molar refractivity (Wildman–Crippen MR) is 113 cm³/mol. The Bertz CT molecular complexity index is 1010. The summed E-state index contributed by atoms with van der Waals surface area (Å²) >= 11 is 6.08. The Morgan fingerprint density at radius 1 is 1.00 bits per heavy atom. The summed E-state index contributed by atoms with van der Waals surface area (Å²) < 4.78 is 4.98. The molecule has 1 N–H and O–H groups in total. The van der Waals surface area contributed by atoms with Crippen LogP contribution in [0.4, 0.5) is 5.69 Å². The average molecular weight is 409 g/mol. The van der Waals surface area contributed by atoms with Gasteiger partial charge in [0.05, 0.1) is 11.8 Å². The Kier molecular flexibility index (Phi) is 5.67. The van der Waals surface area contributed by atoms with E-state index in [4.69, 9.17) is 16.0 Å². The molecule has 1 aliphatic heterocycles. The lowest BCUT2D eigenvalue weighted by Crippen LogP contribution is -2.41. The molecule has 1 fully saturated rings. The van der Waals surface area contributed by atoms with Crippen LogP contribution in [0.3, 0.4) is 0 Å². The van der Waals surface area contributed by atoms with Crippen LogP contribution in [0, 0.1) is 5.92 Å². The van der Waals surface area contributed by atoms with Crippen LogP contribution in [0.1, 0.15) is 23.2 Å². The van der Waals surface area contributed by atoms with Gasteiger partial charge in [-0.15, -0.1) is 0 Å². The summed E-state index contributed by atoms with van der Waals surface area (Å²) in [5.74, 6) is -0.172. The highest BCUT2D eigenvalue weighted by atomic mass is 35.5. The zero-order valence-electron chi connectivity index (χ0n) is 15.8. The molecule has 1 saturated heterocycles. The minimum atomic E-state index is -0.113. The lowest BCUT2D eigenvalue weighted by molar-refractivity contribution is -0.121. The molecule has 1 aromatic heterocycles. The molecule has 0 aliphatic carbocycles. The Morgan fingerprint density at radius 2 is 1.72 bits per heavy atom. The first kappa shape index (κ1) is 19.3. The maximum atomic E-state index is 12.7. The highest BCUT2D eigenvalue weighted by molar-refractivity contribution is 6.30. The summed E-state index contributed by atoms with van der Waals surface area (Å²) in [4.78, 5) is 26.9. The van der Waals surface area contributed by atoms with E-state index < -0.39 is 0 Å². The smallest absolute Gasteiger partial charge is 0.257 e. The molecule has 0 spiro atoms. The number of hydrogen-bond acceptors (Lipinski definition) is 3. The Hall–Kier alpha value is -3.05. The number of nitrogens with one attached hydrogen (secondary N) is 1. The van der Waals surface area contributed by atoms with Crippen molar-refractivity contribution in [3.05, 3.63) is 77.7 Å². The van der Waals surface area contributed by atoms with Crippen molar-refractivity contribution in [2.75, 3.05) is 18.4 Å². The van der Waals surface area contributed by atoms with E-state index in [9.17, 15) is 9.59 Å². The monoisotopic (exact) mass is 408 g/mol. The van der Waals surface area contributed by atoms with Gasteiger partial charge in [-0.05, 0) is 54.3 Å². The van der Waals surface area contributed by atoms with E-state index in [1.807, 2.05) is 48.5 Å². The molecule has 3 aromatic rings. The predicted octanol–water partition coefficient (Wildman–Crippen LogP) is 5.09. The summed E-state index contributed by atoms with van der Waals surface area (Å²) in [6.07, 6.45) is 4.23. The maximum Gasteiger partial charge on any atom is 0.257 e. The van der Waals surface area contributed by atoms with Gasteiger partial charge in [0.2, 0.25) is 5.91 Å². The van der Waals surface area contributed by atoms with Gasteiger partial charge < -0.3 is 14.6 Å². The number of halogens is 1. The van der Waals surface area contributed by atoms with Gasteiger partial charge in [-0.3, -0.25) is 9.59 Å². The zero-order chi connectivity index (χ0) is 20.2. The first-order valence-corrected chi connectivity index (χ1v) is 9.96. The van der Waals surface area contributed by atoms with E-state index in [-0.39, 0.29) is 17.7 Å². The van der Waals surface area contributed by atoms with Crippen LogP contribution in [0.25, 0.3) is 11.1 Å². The number of piperidine rings is 1. The molecule has 0 saturated carbocycles. The molecule has 0 atom stereocenters. The van der Waals surface area contributed by atoms with E-state index in [0.29, 0.717) is 36.5 Å². The van der Waals surface area contributed by atoms with Crippen LogP contribution in [0.2, 0.25) is 5.02 Å². The van der Waals surface area contributed by atoms with Crippen molar-refractivity contribution in [1.82, 2.24) is 4.90 Å². The molecule has 29 heavy (non-hydrogen) atoms. The van der Waals surface area contributed by atoms with Gasteiger partial charge in [-0.2, -0.15) is 0 Å². The Labute approximate surface area is 174 Å². The maximum absolute atomic E-state index is 12.7. The van der Waals surface area contributed by atoms with E-state index in [1.165, 1.54) is 12.5 Å². The van der Waals surface area contributed by atoms with Crippen molar-refractivity contribution >= 4 is 29.1 Å². The van der Waals surface area contributed by atoms with Crippen LogP contribution in [-0.4, -0.2) is 29.8 Å². The van der Waals surface area contributed by atoms with Gasteiger partial charge in [0.25, 0.3) is 5.91 Å². The van der Waals surface area contributed by atoms with Crippen LogP contribution in [0.5, 0.6) is 0 Å². The third-order valence-electron chi connectivity index (χ3n) is 5.21. The van der Waals surface area contributed by atoms with E-state index >= 15 is 0 Å². The van der Waals surface area contributed by atoms with Crippen molar-refractivity contribution in [3.63, 3.8) is 0 Å². The first-order valence-electron chi connectivity index (χ1n) is 9.58. The van der Waals surface area contributed by atoms with Crippen molar-refractivity contribution < 1.29 is 14.0 Å². The van der Waals surface area contributed by atoms with E-state index in [2.05, 4.69) is 5.32 Å². The number of nitrogens with zero attached hydrogens (tertiary/aromatic N) is 1. The molecule has 0 radical (unpaired) electrons. The second-order valence-electron chi connectivity index (χ2n) is 7.16. The Balaban J connectivity index is 1.37. The molecule has 0 bridgehead atoms. The second kappa shape index (κ2) is 8.53. The molecule has 2 heterocycles. The van der Waals surface area contributed by atoms with E-state index in [0.717, 1.165) is 16.8 Å². The second-order valence-corrected chi connectivity index (χ2v) is 7.60. The van der Waals surface area contributed by atoms with Crippen molar-refractivity contribution in [1.29, 1.82) is 0 Å². The highest BCUT2D eigenvalue weighted by Crippen LogP contribution is 2.26. The summed E-state index contributed by atoms with van der Waals surface area (Å²) in [5.41, 5.74) is 3.29. The van der Waals surface area contributed by atoms with E-state index in [1.54, 1.807) is 11.0 Å². The lowest BCUT2D eigenvalue weighted by atomic mass is 9.95. The van der Waals surface area contributed by atoms with Crippen LogP contribution in [-0.2, 0) is 4.79 Å². The van der Waals surface area contributed by atoms with Crippen LogP contribution >= 0.6 is 11.6 Å². The van der Waals surface area contributed by atoms with Gasteiger partial charge in [-0.1, -0.05) is 35.9 Å². The highest BCUT2D eigenvalue weighted by Gasteiger charge is 2.28. The summed E-state index contributed by atoms with van der Waals surface area (Å²) in [5, 5.41) is 3.69. The molecular weight excluding hydrogens is 388 g/mol. The van der Waals surface area contributed by atoms with Gasteiger partial charge in [-0.25, -0.2) is 0 Å². The van der Waals surface area contributed by atoms with Gasteiger partial charge in [0, 0.05) is 29.7 Å². The Morgan fingerprint density at radius 3 is 2.41 bits per heavy atom. The third-order valence-corrected chi connectivity index (χ3v) is 5.44.